The van der Waals surface area contributed by atoms with Gasteiger partial charge in [0, 0.05) is 23.8 Å². The lowest BCUT2D eigenvalue weighted by Gasteiger charge is -2.27. The van der Waals surface area contributed by atoms with Crippen molar-refractivity contribution < 1.29 is 14.2 Å². The molecule has 2 aromatic carbocycles. The predicted molar refractivity (Wildman–Crippen MR) is 121 cm³/mol. The molecule has 3 heterocycles. The SMILES string of the molecule is Clc1cccc(Nc2nc(N/N=C\c3ccc4c(c3)OCO4)nc(N3CCOCC3)n2)c1. The number of hydrogen-bond acceptors (Lipinski definition) is 10. The largest absolute Gasteiger partial charge is 0.454 e. The van der Waals surface area contributed by atoms with Crippen molar-refractivity contribution in [1.29, 1.82) is 0 Å². The molecule has 0 saturated carbocycles. The number of aromatic nitrogens is 3. The molecule has 0 amide bonds. The van der Waals surface area contributed by atoms with Gasteiger partial charge in [-0.05, 0) is 42.0 Å². The van der Waals surface area contributed by atoms with Gasteiger partial charge in [-0.2, -0.15) is 20.1 Å². The lowest BCUT2D eigenvalue weighted by atomic mass is 10.2. The van der Waals surface area contributed by atoms with E-state index in [1.165, 1.54) is 0 Å². The van der Waals surface area contributed by atoms with Gasteiger partial charge in [0.1, 0.15) is 0 Å². The Labute approximate surface area is 189 Å². The molecule has 2 aliphatic heterocycles. The molecule has 2 aliphatic rings. The average molecular weight is 454 g/mol. The Morgan fingerprint density at radius 3 is 2.69 bits per heavy atom. The van der Waals surface area contributed by atoms with Gasteiger partial charge in [-0.1, -0.05) is 17.7 Å². The van der Waals surface area contributed by atoms with Crippen LogP contribution in [0.25, 0.3) is 0 Å². The third kappa shape index (κ3) is 4.82. The molecule has 0 unspecified atom stereocenters. The van der Waals surface area contributed by atoms with Crippen LogP contribution in [-0.2, 0) is 4.74 Å². The molecule has 5 rings (SSSR count). The van der Waals surface area contributed by atoms with Crippen molar-refractivity contribution in [2.45, 2.75) is 0 Å². The Balaban J connectivity index is 1.37. The number of hydrogen-bond donors (Lipinski definition) is 2. The number of benzene rings is 2. The Hall–Kier alpha value is -3.63. The molecule has 1 saturated heterocycles. The van der Waals surface area contributed by atoms with E-state index in [1.54, 1.807) is 18.3 Å². The fraction of sp³-hybridized carbons (Fsp3) is 0.238. The van der Waals surface area contributed by atoms with E-state index in [0.717, 1.165) is 17.0 Å². The maximum Gasteiger partial charge on any atom is 0.250 e. The Kier molecular flexibility index (Phi) is 5.86. The molecular formula is C21H20ClN7O3. The lowest BCUT2D eigenvalue weighted by molar-refractivity contribution is 0.122. The van der Waals surface area contributed by atoms with Gasteiger partial charge in [0.25, 0.3) is 0 Å². The first-order valence-electron chi connectivity index (χ1n) is 10.0. The van der Waals surface area contributed by atoms with Gasteiger partial charge in [-0.3, -0.25) is 0 Å². The third-order valence-electron chi connectivity index (χ3n) is 4.77. The van der Waals surface area contributed by atoms with Crippen LogP contribution < -0.4 is 25.1 Å². The summed E-state index contributed by atoms with van der Waals surface area (Å²) in [5.74, 6) is 2.64. The van der Waals surface area contributed by atoms with Gasteiger partial charge in [0.2, 0.25) is 24.6 Å². The molecule has 0 atom stereocenters. The highest BCUT2D eigenvalue weighted by molar-refractivity contribution is 6.30. The first kappa shape index (κ1) is 20.3. The fourth-order valence-electron chi connectivity index (χ4n) is 3.23. The molecule has 32 heavy (non-hydrogen) atoms. The van der Waals surface area contributed by atoms with E-state index in [-0.39, 0.29) is 6.79 Å². The summed E-state index contributed by atoms with van der Waals surface area (Å²) in [7, 11) is 0. The molecule has 164 valence electrons. The van der Waals surface area contributed by atoms with E-state index in [4.69, 9.17) is 25.8 Å². The summed E-state index contributed by atoms with van der Waals surface area (Å²) >= 11 is 6.09. The predicted octanol–water partition coefficient (Wildman–Crippen LogP) is 3.28. The number of anilines is 4. The second-order valence-electron chi connectivity index (χ2n) is 7.00. The number of hydrazone groups is 1. The van der Waals surface area contributed by atoms with Crippen LogP contribution in [-0.4, -0.2) is 54.3 Å². The van der Waals surface area contributed by atoms with Gasteiger partial charge in [0.05, 0.1) is 19.4 Å². The normalized spacial score (nSPS) is 15.2. The molecule has 10 nitrogen and oxygen atoms in total. The molecule has 3 aromatic rings. The minimum absolute atomic E-state index is 0.228. The summed E-state index contributed by atoms with van der Waals surface area (Å²) in [6.07, 6.45) is 1.66. The zero-order valence-electron chi connectivity index (χ0n) is 17.0. The number of rotatable bonds is 6. The van der Waals surface area contributed by atoms with Crippen molar-refractivity contribution in [1.82, 2.24) is 15.0 Å². The van der Waals surface area contributed by atoms with Gasteiger partial charge < -0.3 is 24.4 Å². The van der Waals surface area contributed by atoms with Gasteiger partial charge in [0.15, 0.2) is 11.5 Å². The number of nitrogens with zero attached hydrogens (tertiary/aromatic N) is 5. The minimum atomic E-state index is 0.228. The van der Waals surface area contributed by atoms with Crippen molar-refractivity contribution in [3.8, 4) is 11.5 Å². The Morgan fingerprint density at radius 1 is 0.969 bits per heavy atom. The highest BCUT2D eigenvalue weighted by Gasteiger charge is 2.17. The average Bonchev–Trinajstić information content (AvgIpc) is 3.28. The van der Waals surface area contributed by atoms with Gasteiger partial charge >= 0.3 is 0 Å². The molecule has 0 radical (unpaired) electrons. The van der Waals surface area contributed by atoms with Gasteiger partial charge in [-0.15, -0.1) is 0 Å². The monoisotopic (exact) mass is 453 g/mol. The zero-order chi connectivity index (χ0) is 21.8. The van der Waals surface area contributed by atoms with Crippen molar-refractivity contribution in [3.05, 3.63) is 53.1 Å². The number of ether oxygens (including phenoxy) is 3. The Bertz CT molecular complexity index is 1140. The highest BCUT2D eigenvalue weighted by atomic mass is 35.5. The third-order valence-corrected chi connectivity index (χ3v) is 5.01. The summed E-state index contributed by atoms with van der Waals surface area (Å²) in [5, 5.41) is 8.06. The van der Waals surface area contributed by atoms with Crippen LogP contribution in [0.3, 0.4) is 0 Å². The number of morpholine rings is 1. The number of nitrogens with one attached hydrogen (secondary N) is 2. The van der Waals surface area contributed by atoms with E-state index in [2.05, 4.69) is 30.8 Å². The van der Waals surface area contributed by atoms with Gasteiger partial charge in [-0.25, -0.2) is 5.43 Å². The smallest absolute Gasteiger partial charge is 0.250 e. The van der Waals surface area contributed by atoms with Crippen LogP contribution >= 0.6 is 11.6 Å². The second-order valence-corrected chi connectivity index (χ2v) is 7.44. The standard InChI is InChI=1S/C21H20ClN7O3/c22-15-2-1-3-16(11-15)24-19-25-20(27-21(26-19)29-6-8-30-9-7-29)28-23-12-14-4-5-17-18(10-14)32-13-31-17/h1-5,10-12H,6-9,13H2,(H2,24,25,26,27,28)/b23-12-. The van der Waals surface area contributed by atoms with Crippen molar-refractivity contribution in [2.24, 2.45) is 5.10 Å². The molecule has 11 heteroatoms. The molecular weight excluding hydrogens is 434 g/mol. The van der Waals surface area contributed by atoms with Crippen LogP contribution in [0.15, 0.2) is 47.6 Å². The summed E-state index contributed by atoms with van der Waals surface area (Å²) in [6.45, 7) is 2.86. The summed E-state index contributed by atoms with van der Waals surface area (Å²) in [6, 6.07) is 12.9. The van der Waals surface area contributed by atoms with Crippen LogP contribution in [0.4, 0.5) is 23.5 Å². The Morgan fingerprint density at radius 2 is 1.81 bits per heavy atom. The molecule has 1 aromatic heterocycles. The second kappa shape index (κ2) is 9.25. The fourth-order valence-corrected chi connectivity index (χ4v) is 3.42. The number of fused-ring (bicyclic) bond motifs is 1. The highest BCUT2D eigenvalue weighted by Crippen LogP contribution is 2.32. The summed E-state index contributed by atoms with van der Waals surface area (Å²) < 4.78 is 16.2. The first-order valence-corrected chi connectivity index (χ1v) is 10.4. The van der Waals surface area contributed by atoms with Crippen LogP contribution in [0.5, 0.6) is 11.5 Å². The molecule has 1 fully saturated rings. The first-order chi connectivity index (χ1) is 15.7. The van der Waals surface area contributed by atoms with Crippen LogP contribution in [0.2, 0.25) is 5.02 Å². The van der Waals surface area contributed by atoms with Crippen molar-refractivity contribution >= 4 is 41.3 Å². The number of halogens is 1. The summed E-state index contributed by atoms with van der Waals surface area (Å²) in [4.78, 5) is 15.6. The van der Waals surface area contributed by atoms with E-state index < -0.39 is 0 Å². The van der Waals surface area contributed by atoms with Crippen molar-refractivity contribution in [2.75, 3.05) is 48.7 Å². The topological polar surface area (TPSA) is 106 Å². The van der Waals surface area contributed by atoms with Crippen LogP contribution in [0, 0.1) is 0 Å². The van der Waals surface area contributed by atoms with E-state index in [0.29, 0.717) is 54.9 Å². The minimum Gasteiger partial charge on any atom is -0.454 e. The molecule has 0 aliphatic carbocycles. The lowest BCUT2D eigenvalue weighted by Crippen LogP contribution is -2.37. The molecule has 0 bridgehead atoms. The van der Waals surface area contributed by atoms with Crippen LogP contribution in [0.1, 0.15) is 5.56 Å². The van der Waals surface area contributed by atoms with E-state index in [1.807, 2.05) is 35.2 Å². The maximum absolute atomic E-state index is 6.09. The van der Waals surface area contributed by atoms with Crippen molar-refractivity contribution in [3.63, 3.8) is 0 Å². The van der Waals surface area contributed by atoms with E-state index >= 15 is 0 Å². The van der Waals surface area contributed by atoms with E-state index in [9.17, 15) is 0 Å². The quantitative estimate of drug-likeness (QED) is 0.429. The maximum atomic E-state index is 6.09. The summed E-state index contributed by atoms with van der Waals surface area (Å²) in [5.41, 5.74) is 4.51. The molecule has 2 N–H and O–H groups in total. The zero-order valence-corrected chi connectivity index (χ0v) is 17.7. The molecule has 0 spiro atoms.